The zero-order valence-electron chi connectivity index (χ0n) is 19.5. The molecule has 0 aromatic heterocycles. The van der Waals surface area contributed by atoms with Crippen LogP contribution in [0.15, 0.2) is 47.4 Å². The summed E-state index contributed by atoms with van der Waals surface area (Å²) in [5.41, 5.74) is 2.04. The Morgan fingerprint density at radius 1 is 1.09 bits per heavy atom. The molecule has 1 atom stereocenters. The number of sulfone groups is 1. The number of carbonyl (C=O) groups is 1. The molecule has 1 aliphatic carbocycles. The number of benzene rings is 2. The molecular formula is C26H33NO5S. The van der Waals surface area contributed by atoms with E-state index in [4.69, 9.17) is 9.47 Å². The maximum atomic E-state index is 13.5. The van der Waals surface area contributed by atoms with Crippen molar-refractivity contribution >= 4 is 21.4 Å². The van der Waals surface area contributed by atoms with Gasteiger partial charge in [0.15, 0.2) is 21.3 Å². The molecule has 0 spiro atoms. The van der Waals surface area contributed by atoms with Crippen LogP contribution in [0.5, 0.6) is 11.5 Å². The number of hydrogen-bond donors (Lipinski definition) is 0. The minimum absolute atomic E-state index is 0.0436. The summed E-state index contributed by atoms with van der Waals surface area (Å²) in [7, 11) is -2.18. The molecule has 0 radical (unpaired) electrons. The highest BCUT2D eigenvalue weighted by molar-refractivity contribution is 7.92. The normalized spacial score (nSPS) is 17.5. The first-order valence-electron chi connectivity index (χ1n) is 11.9. The summed E-state index contributed by atoms with van der Waals surface area (Å²) in [6.45, 7) is 2.44. The lowest BCUT2D eigenvalue weighted by atomic mass is 10.0. The van der Waals surface area contributed by atoms with Crippen molar-refractivity contribution in [2.75, 3.05) is 18.6 Å². The molecule has 0 bridgehead atoms. The van der Waals surface area contributed by atoms with Crippen LogP contribution in [0.25, 0.3) is 0 Å². The van der Waals surface area contributed by atoms with Crippen molar-refractivity contribution in [1.82, 2.24) is 0 Å². The predicted octanol–water partition coefficient (Wildman–Crippen LogP) is 4.94. The van der Waals surface area contributed by atoms with Gasteiger partial charge in [0.2, 0.25) is 5.91 Å². The Morgan fingerprint density at radius 3 is 2.58 bits per heavy atom. The predicted molar refractivity (Wildman–Crippen MR) is 129 cm³/mol. The highest BCUT2D eigenvalue weighted by Crippen LogP contribution is 2.35. The number of carbonyl (C=O) groups excluding carboxylic acids is 1. The fourth-order valence-corrected chi connectivity index (χ4v) is 6.59. The summed E-state index contributed by atoms with van der Waals surface area (Å²) in [5.74, 6) is 0.833. The average Bonchev–Trinajstić information content (AvgIpc) is 3.35. The average molecular weight is 472 g/mol. The fraction of sp³-hybridized carbons (Fsp3) is 0.500. The van der Waals surface area contributed by atoms with Crippen LogP contribution in [0.4, 0.5) is 5.69 Å². The number of ether oxygens (including phenoxy) is 2. The molecule has 1 heterocycles. The third-order valence-electron chi connectivity index (χ3n) is 6.77. The Morgan fingerprint density at radius 2 is 1.85 bits per heavy atom. The Kier molecular flexibility index (Phi) is 7.27. The van der Waals surface area contributed by atoms with Gasteiger partial charge in [-0.15, -0.1) is 0 Å². The monoisotopic (exact) mass is 471 g/mol. The molecule has 0 N–H and O–H groups in total. The maximum Gasteiger partial charge on any atom is 0.228 e. The molecule has 4 rings (SSSR count). The summed E-state index contributed by atoms with van der Waals surface area (Å²) in [6.07, 6.45) is 6.37. The van der Waals surface area contributed by atoms with Crippen molar-refractivity contribution in [1.29, 1.82) is 0 Å². The van der Waals surface area contributed by atoms with E-state index in [0.29, 0.717) is 24.5 Å². The number of rotatable bonds is 8. The molecule has 0 saturated heterocycles. The van der Waals surface area contributed by atoms with E-state index in [0.717, 1.165) is 49.8 Å². The van der Waals surface area contributed by atoms with E-state index in [1.165, 1.54) is 0 Å². The van der Waals surface area contributed by atoms with Crippen molar-refractivity contribution < 1.29 is 22.7 Å². The van der Waals surface area contributed by atoms with Crippen LogP contribution in [-0.2, 0) is 21.1 Å². The Hall–Kier alpha value is -2.54. The Balaban J connectivity index is 1.56. The summed E-state index contributed by atoms with van der Waals surface area (Å²) in [5, 5.41) is -0.799. The van der Waals surface area contributed by atoms with Crippen molar-refractivity contribution in [3.05, 3.63) is 48.0 Å². The smallest absolute Gasteiger partial charge is 0.228 e. The van der Waals surface area contributed by atoms with Crippen molar-refractivity contribution in [3.63, 3.8) is 0 Å². The lowest BCUT2D eigenvalue weighted by molar-refractivity contribution is -0.118. The van der Waals surface area contributed by atoms with Gasteiger partial charge in [-0.05, 0) is 68.7 Å². The van der Waals surface area contributed by atoms with Crippen LogP contribution in [0.3, 0.4) is 0 Å². The molecule has 2 aromatic rings. The largest absolute Gasteiger partial charge is 0.493 e. The van der Waals surface area contributed by atoms with Gasteiger partial charge in [-0.3, -0.25) is 4.79 Å². The quantitative estimate of drug-likeness (QED) is 0.545. The van der Waals surface area contributed by atoms with E-state index >= 15 is 0 Å². The number of hydrogen-bond acceptors (Lipinski definition) is 5. The minimum atomic E-state index is -3.73. The molecule has 178 valence electrons. The van der Waals surface area contributed by atoms with Gasteiger partial charge < -0.3 is 14.4 Å². The van der Waals surface area contributed by atoms with Crippen molar-refractivity contribution in [2.45, 2.75) is 74.5 Å². The summed E-state index contributed by atoms with van der Waals surface area (Å²) < 4.78 is 38.6. The van der Waals surface area contributed by atoms with Gasteiger partial charge >= 0.3 is 0 Å². The van der Waals surface area contributed by atoms with E-state index in [9.17, 15) is 13.2 Å². The van der Waals surface area contributed by atoms with Crippen molar-refractivity contribution in [2.24, 2.45) is 0 Å². The lowest BCUT2D eigenvalue weighted by Gasteiger charge is -2.30. The van der Waals surface area contributed by atoms with Crippen molar-refractivity contribution in [3.8, 4) is 11.5 Å². The van der Waals surface area contributed by atoms with Gasteiger partial charge in [-0.1, -0.05) is 25.1 Å². The van der Waals surface area contributed by atoms with Crippen LogP contribution >= 0.6 is 0 Å². The van der Waals surface area contributed by atoms with Crippen LogP contribution in [0.2, 0.25) is 0 Å². The standard InChI is InChI=1S/C26H33NO5S/c1-3-21(18-26(28)27-16-8-10-19-9-4-7-13-23(19)27)33(29,30)22-14-15-24(31-2)25(17-22)32-20-11-5-6-12-20/h4,7,9,13-15,17,20-21H,3,5-6,8,10-12,16,18H2,1-2H3. The number of para-hydroxylation sites is 1. The molecule has 7 heteroatoms. The van der Waals surface area contributed by atoms with Gasteiger partial charge in [0, 0.05) is 24.7 Å². The number of aryl methyl sites for hydroxylation is 1. The molecule has 1 amide bonds. The maximum absolute atomic E-state index is 13.5. The van der Waals surface area contributed by atoms with Gasteiger partial charge in [0.05, 0.1) is 23.4 Å². The van der Waals surface area contributed by atoms with Crippen LogP contribution in [-0.4, -0.2) is 39.3 Å². The third kappa shape index (κ3) is 5.03. The molecule has 33 heavy (non-hydrogen) atoms. The first kappa shape index (κ1) is 23.6. The second-order valence-electron chi connectivity index (χ2n) is 8.89. The lowest BCUT2D eigenvalue weighted by Crippen LogP contribution is -2.38. The number of amides is 1. The first-order valence-corrected chi connectivity index (χ1v) is 13.5. The molecule has 1 unspecified atom stereocenters. The SMILES string of the molecule is CCC(CC(=O)N1CCCc2ccccc21)S(=O)(=O)c1ccc(OC)c(OC2CCCC2)c1. The van der Waals surface area contributed by atoms with Crippen LogP contribution in [0.1, 0.15) is 57.4 Å². The second-order valence-corrected chi connectivity index (χ2v) is 11.1. The molecule has 1 fully saturated rings. The number of fused-ring (bicyclic) bond motifs is 1. The first-order chi connectivity index (χ1) is 15.9. The minimum Gasteiger partial charge on any atom is -0.493 e. The molecule has 1 aliphatic heterocycles. The van der Waals surface area contributed by atoms with Gasteiger partial charge in [-0.25, -0.2) is 8.42 Å². The number of nitrogens with zero attached hydrogens (tertiary/aromatic N) is 1. The summed E-state index contributed by atoms with van der Waals surface area (Å²) in [4.78, 5) is 15.1. The van der Waals surface area contributed by atoms with E-state index in [1.54, 1.807) is 30.2 Å². The molecule has 6 nitrogen and oxygen atoms in total. The van der Waals surface area contributed by atoms with Crippen LogP contribution in [0, 0.1) is 0 Å². The zero-order chi connectivity index (χ0) is 23.4. The van der Waals surface area contributed by atoms with E-state index in [-0.39, 0.29) is 23.3 Å². The zero-order valence-corrected chi connectivity index (χ0v) is 20.3. The summed E-state index contributed by atoms with van der Waals surface area (Å²) in [6, 6.07) is 12.6. The molecule has 1 saturated carbocycles. The topological polar surface area (TPSA) is 72.9 Å². The van der Waals surface area contributed by atoms with Gasteiger partial charge in [0.1, 0.15) is 0 Å². The summed E-state index contributed by atoms with van der Waals surface area (Å²) >= 11 is 0. The number of anilines is 1. The van der Waals surface area contributed by atoms with Crippen LogP contribution < -0.4 is 14.4 Å². The molecule has 2 aliphatic rings. The van der Waals surface area contributed by atoms with E-state index in [2.05, 4.69) is 0 Å². The highest BCUT2D eigenvalue weighted by Gasteiger charge is 2.32. The fourth-order valence-electron chi connectivity index (χ4n) is 4.88. The Labute approximate surface area is 196 Å². The molecular weight excluding hydrogens is 438 g/mol. The second kappa shape index (κ2) is 10.2. The van der Waals surface area contributed by atoms with E-state index in [1.807, 2.05) is 31.2 Å². The highest BCUT2D eigenvalue weighted by atomic mass is 32.2. The molecule has 2 aromatic carbocycles. The van der Waals surface area contributed by atoms with Gasteiger partial charge in [0.25, 0.3) is 0 Å². The van der Waals surface area contributed by atoms with Gasteiger partial charge in [-0.2, -0.15) is 0 Å². The van der Waals surface area contributed by atoms with E-state index < -0.39 is 15.1 Å². The third-order valence-corrected chi connectivity index (χ3v) is 9.06. The number of methoxy groups -OCH3 is 1. The Bertz CT molecular complexity index is 1090.